The van der Waals surface area contributed by atoms with Gasteiger partial charge in [0, 0.05) is 57.4 Å². The maximum absolute atomic E-state index is 4.44. The minimum Gasteiger partial charge on any atom is -0.366 e. The molecule has 3 aromatic heterocycles. The molecule has 1 aliphatic rings. The lowest BCUT2D eigenvalue weighted by Crippen LogP contribution is -2.47. The highest BCUT2D eigenvalue weighted by Crippen LogP contribution is 2.19. The molecule has 4 heterocycles. The van der Waals surface area contributed by atoms with Crippen molar-refractivity contribution >= 4 is 17.5 Å². The van der Waals surface area contributed by atoms with Gasteiger partial charge in [0.2, 0.25) is 0 Å². The Morgan fingerprint density at radius 3 is 2.42 bits per heavy atom. The molecule has 0 atom stereocenters. The quantitative estimate of drug-likeness (QED) is 0.759. The van der Waals surface area contributed by atoms with Crippen LogP contribution in [0, 0.1) is 0 Å². The van der Waals surface area contributed by atoms with E-state index in [4.69, 9.17) is 0 Å². The average molecular weight is 347 g/mol. The highest BCUT2D eigenvalue weighted by atomic mass is 15.3. The lowest BCUT2D eigenvalue weighted by Gasteiger charge is -2.36. The Morgan fingerprint density at radius 2 is 1.69 bits per heavy atom. The number of hydrogen-bond donors (Lipinski definition) is 1. The summed E-state index contributed by atoms with van der Waals surface area (Å²) in [6.45, 7) is 4.38. The van der Waals surface area contributed by atoms with Gasteiger partial charge in [0.05, 0.1) is 0 Å². The molecule has 0 bridgehead atoms. The van der Waals surface area contributed by atoms with Gasteiger partial charge in [-0.25, -0.2) is 15.0 Å². The Labute approximate surface area is 152 Å². The first kappa shape index (κ1) is 16.3. The summed E-state index contributed by atoms with van der Waals surface area (Å²) in [4.78, 5) is 21.9. The minimum atomic E-state index is 0.692. The molecule has 0 aromatic carbocycles. The van der Waals surface area contributed by atoms with Crippen molar-refractivity contribution in [2.24, 2.45) is 0 Å². The Kier molecular flexibility index (Phi) is 4.86. The standard InChI is InChI=1S/C19H21N7/c1-2-7-21-18(5-1)25-8-10-26(11-9-25)19-12-17(23-15-24-19)22-14-16-4-3-6-20-13-16/h1-7,12-13,15H,8-11,14H2,(H,22,23,24). The Hall–Kier alpha value is -3.22. The van der Waals surface area contributed by atoms with E-state index in [0.717, 1.165) is 49.2 Å². The van der Waals surface area contributed by atoms with Crippen molar-refractivity contribution in [3.05, 3.63) is 66.9 Å². The minimum absolute atomic E-state index is 0.692. The van der Waals surface area contributed by atoms with E-state index in [1.807, 2.05) is 42.7 Å². The molecule has 1 N–H and O–H groups in total. The van der Waals surface area contributed by atoms with E-state index in [0.29, 0.717) is 6.54 Å². The third-order valence-electron chi connectivity index (χ3n) is 4.43. The van der Waals surface area contributed by atoms with Crippen LogP contribution in [-0.4, -0.2) is 46.1 Å². The van der Waals surface area contributed by atoms with Gasteiger partial charge in [-0.05, 0) is 23.8 Å². The van der Waals surface area contributed by atoms with Crippen molar-refractivity contribution in [1.82, 2.24) is 19.9 Å². The van der Waals surface area contributed by atoms with Gasteiger partial charge in [-0.15, -0.1) is 0 Å². The van der Waals surface area contributed by atoms with Crippen molar-refractivity contribution < 1.29 is 0 Å². The van der Waals surface area contributed by atoms with Crippen LogP contribution in [0.1, 0.15) is 5.56 Å². The van der Waals surface area contributed by atoms with Crippen LogP contribution in [-0.2, 0) is 6.54 Å². The normalized spacial score (nSPS) is 14.3. The van der Waals surface area contributed by atoms with Crippen LogP contribution in [0.2, 0.25) is 0 Å². The Balaban J connectivity index is 1.36. The molecule has 0 spiro atoms. The zero-order chi connectivity index (χ0) is 17.6. The van der Waals surface area contributed by atoms with Crippen molar-refractivity contribution in [3.63, 3.8) is 0 Å². The second-order valence-electron chi connectivity index (χ2n) is 6.14. The van der Waals surface area contributed by atoms with Gasteiger partial charge in [-0.1, -0.05) is 12.1 Å². The molecule has 1 fully saturated rings. The number of nitrogens with zero attached hydrogens (tertiary/aromatic N) is 6. The van der Waals surface area contributed by atoms with Gasteiger partial charge in [0.25, 0.3) is 0 Å². The maximum Gasteiger partial charge on any atom is 0.134 e. The van der Waals surface area contributed by atoms with Crippen LogP contribution in [0.15, 0.2) is 61.3 Å². The summed E-state index contributed by atoms with van der Waals surface area (Å²) in [5.74, 6) is 2.81. The average Bonchev–Trinajstić information content (AvgIpc) is 2.74. The highest BCUT2D eigenvalue weighted by molar-refractivity contribution is 5.50. The Bertz CT molecular complexity index is 818. The summed E-state index contributed by atoms with van der Waals surface area (Å²) in [6.07, 6.45) is 7.08. The molecule has 0 saturated carbocycles. The molecular formula is C19H21N7. The summed E-state index contributed by atoms with van der Waals surface area (Å²) < 4.78 is 0. The Morgan fingerprint density at radius 1 is 0.846 bits per heavy atom. The van der Waals surface area contributed by atoms with E-state index in [9.17, 15) is 0 Å². The molecule has 0 aliphatic carbocycles. The van der Waals surface area contributed by atoms with Crippen LogP contribution >= 0.6 is 0 Å². The first-order valence-electron chi connectivity index (χ1n) is 8.74. The van der Waals surface area contributed by atoms with E-state index < -0.39 is 0 Å². The molecule has 0 amide bonds. The maximum atomic E-state index is 4.44. The number of hydrogen-bond acceptors (Lipinski definition) is 7. The number of anilines is 3. The predicted octanol–water partition coefficient (Wildman–Crippen LogP) is 2.21. The second kappa shape index (κ2) is 7.77. The van der Waals surface area contributed by atoms with Gasteiger partial charge in [-0.3, -0.25) is 4.98 Å². The number of pyridine rings is 2. The molecule has 132 valence electrons. The highest BCUT2D eigenvalue weighted by Gasteiger charge is 2.19. The van der Waals surface area contributed by atoms with Crippen LogP contribution in [0.3, 0.4) is 0 Å². The second-order valence-corrected chi connectivity index (χ2v) is 6.14. The molecule has 7 nitrogen and oxygen atoms in total. The molecule has 1 aliphatic heterocycles. The summed E-state index contributed by atoms with van der Waals surface area (Å²) in [5, 5.41) is 3.34. The monoisotopic (exact) mass is 347 g/mol. The fraction of sp³-hybridized carbons (Fsp3) is 0.263. The van der Waals surface area contributed by atoms with E-state index >= 15 is 0 Å². The van der Waals surface area contributed by atoms with Gasteiger partial charge in [-0.2, -0.15) is 0 Å². The fourth-order valence-corrected chi connectivity index (χ4v) is 3.02. The zero-order valence-corrected chi connectivity index (χ0v) is 14.5. The van der Waals surface area contributed by atoms with E-state index in [2.05, 4.69) is 41.1 Å². The molecule has 7 heteroatoms. The third kappa shape index (κ3) is 3.88. The summed E-state index contributed by atoms with van der Waals surface area (Å²) in [6, 6.07) is 12.0. The van der Waals surface area contributed by atoms with E-state index in [1.54, 1.807) is 12.5 Å². The number of piperazine rings is 1. The molecule has 26 heavy (non-hydrogen) atoms. The third-order valence-corrected chi connectivity index (χ3v) is 4.43. The molecular weight excluding hydrogens is 326 g/mol. The topological polar surface area (TPSA) is 70.1 Å². The van der Waals surface area contributed by atoms with Crippen LogP contribution in [0.4, 0.5) is 17.5 Å². The van der Waals surface area contributed by atoms with Crippen LogP contribution in [0.5, 0.6) is 0 Å². The lowest BCUT2D eigenvalue weighted by molar-refractivity contribution is 0.641. The number of nitrogens with one attached hydrogen (secondary N) is 1. The number of rotatable bonds is 5. The van der Waals surface area contributed by atoms with Gasteiger partial charge >= 0.3 is 0 Å². The van der Waals surface area contributed by atoms with Crippen LogP contribution < -0.4 is 15.1 Å². The van der Waals surface area contributed by atoms with E-state index in [-0.39, 0.29) is 0 Å². The predicted molar refractivity (Wildman–Crippen MR) is 102 cm³/mol. The largest absolute Gasteiger partial charge is 0.366 e. The van der Waals surface area contributed by atoms with Crippen molar-refractivity contribution in [3.8, 4) is 0 Å². The molecule has 1 saturated heterocycles. The smallest absolute Gasteiger partial charge is 0.134 e. The summed E-state index contributed by atoms with van der Waals surface area (Å²) in [5.41, 5.74) is 1.12. The number of aromatic nitrogens is 4. The molecule has 0 unspecified atom stereocenters. The fourth-order valence-electron chi connectivity index (χ4n) is 3.02. The van der Waals surface area contributed by atoms with Crippen molar-refractivity contribution in [2.45, 2.75) is 6.54 Å². The van der Waals surface area contributed by atoms with Gasteiger partial charge in [0.1, 0.15) is 23.8 Å². The first-order valence-corrected chi connectivity index (χ1v) is 8.74. The van der Waals surface area contributed by atoms with Gasteiger partial charge in [0.15, 0.2) is 0 Å². The van der Waals surface area contributed by atoms with Crippen molar-refractivity contribution in [1.29, 1.82) is 0 Å². The van der Waals surface area contributed by atoms with Gasteiger partial charge < -0.3 is 15.1 Å². The summed E-state index contributed by atoms with van der Waals surface area (Å²) in [7, 11) is 0. The molecule has 3 aromatic rings. The molecule has 0 radical (unpaired) electrons. The summed E-state index contributed by atoms with van der Waals surface area (Å²) >= 11 is 0. The van der Waals surface area contributed by atoms with Crippen molar-refractivity contribution in [2.75, 3.05) is 41.3 Å². The zero-order valence-electron chi connectivity index (χ0n) is 14.5. The molecule has 4 rings (SSSR count). The first-order chi connectivity index (χ1) is 12.9. The SMILES string of the molecule is c1ccc(N2CCN(c3cc(NCc4cccnc4)ncn3)CC2)nc1. The van der Waals surface area contributed by atoms with E-state index in [1.165, 1.54) is 0 Å². The lowest BCUT2D eigenvalue weighted by atomic mass is 10.3. The van der Waals surface area contributed by atoms with Crippen LogP contribution in [0.25, 0.3) is 0 Å².